The zero-order valence-electron chi connectivity index (χ0n) is 29.0. The van der Waals surface area contributed by atoms with Gasteiger partial charge in [-0.1, -0.05) is 125 Å². The number of nitrogens with zero attached hydrogens (tertiary/aromatic N) is 1. The molecule has 6 nitrogen and oxygen atoms in total. The van der Waals surface area contributed by atoms with Gasteiger partial charge in [0.2, 0.25) is 6.16 Å². The number of aromatic nitrogens is 1. The van der Waals surface area contributed by atoms with E-state index in [2.05, 4.69) is 46.5 Å². The molecule has 2 atom stereocenters. The fourth-order valence-electron chi connectivity index (χ4n) is 6.51. The first kappa shape index (κ1) is 36.8. The van der Waals surface area contributed by atoms with Crippen molar-refractivity contribution in [1.29, 1.82) is 0 Å². The van der Waals surface area contributed by atoms with Gasteiger partial charge in [0, 0.05) is 10.9 Å². The highest BCUT2D eigenvalue weighted by molar-refractivity contribution is 7.39. The summed E-state index contributed by atoms with van der Waals surface area (Å²) in [4.78, 5) is 17.0. The number of halogens is 1. The molecule has 0 bridgehead atoms. The van der Waals surface area contributed by atoms with Crippen molar-refractivity contribution in [3.8, 4) is 23.1 Å². The molecule has 1 unspecified atom stereocenters. The lowest BCUT2D eigenvalue weighted by Gasteiger charge is -2.44. The minimum Gasteiger partial charge on any atom is -0.481 e. The van der Waals surface area contributed by atoms with Crippen LogP contribution < -0.4 is 10.4 Å². The van der Waals surface area contributed by atoms with Gasteiger partial charge >= 0.3 is 14.0 Å². The van der Waals surface area contributed by atoms with Crippen LogP contribution in [0.2, 0.25) is 5.04 Å². The maximum absolute atomic E-state index is 13.8. The lowest BCUT2D eigenvalue weighted by atomic mass is 9.90. The summed E-state index contributed by atoms with van der Waals surface area (Å²) in [6.45, 7) is 10.3. The van der Waals surface area contributed by atoms with Crippen LogP contribution in [0.4, 0.5) is 4.39 Å². The van der Waals surface area contributed by atoms with Crippen LogP contribution in [0.25, 0.3) is 22.2 Å². The van der Waals surface area contributed by atoms with E-state index in [1.807, 2.05) is 84.9 Å². The normalized spacial score (nSPS) is 12.7. The van der Waals surface area contributed by atoms with Crippen molar-refractivity contribution < 1.29 is 27.8 Å². The zero-order chi connectivity index (χ0) is 35.9. The molecule has 0 amide bonds. The van der Waals surface area contributed by atoms with E-state index < -0.39 is 33.5 Å². The van der Waals surface area contributed by atoms with E-state index >= 15 is 0 Å². The molecule has 0 saturated heterocycles. The Labute approximate surface area is 295 Å². The van der Waals surface area contributed by atoms with Crippen molar-refractivity contribution in [2.75, 3.05) is 12.8 Å². The van der Waals surface area contributed by atoms with Crippen molar-refractivity contribution in [2.24, 2.45) is 0 Å². The fourth-order valence-corrected chi connectivity index (χ4v) is 12.2. The van der Waals surface area contributed by atoms with Gasteiger partial charge in [-0.3, -0.25) is 4.79 Å². The van der Waals surface area contributed by atoms with Gasteiger partial charge in [-0.25, -0.2) is 9.37 Å². The number of carboxylic acid groups (broad SMARTS) is 1. The number of aliphatic carboxylic acids is 1. The maximum atomic E-state index is 13.8. The van der Waals surface area contributed by atoms with Crippen molar-refractivity contribution in [3.63, 3.8) is 0 Å². The molecule has 0 radical (unpaired) electrons. The highest BCUT2D eigenvalue weighted by Crippen LogP contribution is 2.39. The molecule has 5 rings (SSSR count). The number of fused-ring (bicyclic) bond motifs is 1. The predicted octanol–water partition coefficient (Wildman–Crippen LogP) is 8.69. The van der Waals surface area contributed by atoms with Gasteiger partial charge < -0.3 is 9.53 Å². The van der Waals surface area contributed by atoms with Gasteiger partial charge in [0.25, 0.3) is 8.32 Å². The van der Waals surface area contributed by atoms with Crippen molar-refractivity contribution in [1.82, 2.24) is 4.98 Å². The summed E-state index contributed by atoms with van der Waals surface area (Å²) in [5, 5.41) is 12.5. The number of hydrogen-bond donors (Lipinski definition) is 1. The quantitative estimate of drug-likeness (QED) is 0.0794. The summed E-state index contributed by atoms with van der Waals surface area (Å²) in [5.74, 6) is 4.97. The Kier molecular flexibility index (Phi) is 11.8. The number of carboxylic acids is 1. The van der Waals surface area contributed by atoms with E-state index in [0.29, 0.717) is 11.3 Å². The Balaban J connectivity index is 1.44. The van der Waals surface area contributed by atoms with Crippen LogP contribution in [-0.4, -0.2) is 43.2 Å². The van der Waals surface area contributed by atoms with E-state index in [4.69, 9.17) is 13.9 Å². The highest BCUT2D eigenvalue weighted by Gasteiger charge is 2.52. The molecule has 1 aromatic heterocycles. The second-order valence-corrected chi connectivity index (χ2v) is 19.1. The van der Waals surface area contributed by atoms with Crippen LogP contribution in [0.5, 0.6) is 0 Å². The monoisotopic (exact) mass is 706 g/mol. The number of rotatable bonds is 12. The first-order chi connectivity index (χ1) is 23.9. The topological polar surface area (TPSA) is 85.7 Å². The lowest BCUT2D eigenvalue weighted by Crippen LogP contribution is -2.68. The SMILES string of the molecule is CC(C)c1c(C#CCO[P+](=O)C[C@H](CC(=O)O)O[Si](c2ccccc2)(c2ccccc2)C(C)(C)C)c(-c2ccc(F)cc2)nc2ccccc12. The molecule has 0 aliphatic heterocycles. The standard InChI is InChI=1S/C41H41FNO5PSi/c1-29(2)39-35-19-12-13-21-37(35)43-40(30-22-24-31(42)25-23-30)36(39)20-14-26-47-49(46)28-32(27-38(44)45)48-50(41(3,4)5,33-15-8-6-9-16-33)34-17-10-7-11-18-34/h6-13,15-19,21-25,29,32H,26-28H2,1-5H3/p+1/t32-/m0/s1. The van der Waals surface area contributed by atoms with Gasteiger partial charge in [0.1, 0.15) is 11.9 Å². The molecule has 0 fully saturated rings. The predicted molar refractivity (Wildman–Crippen MR) is 201 cm³/mol. The Hall–Kier alpha value is -4.51. The summed E-state index contributed by atoms with van der Waals surface area (Å²) >= 11 is 0. The number of benzene rings is 4. The van der Waals surface area contributed by atoms with E-state index in [-0.39, 0.29) is 30.9 Å². The number of carbonyl (C=O) groups is 1. The van der Waals surface area contributed by atoms with Gasteiger partial charge in [-0.15, -0.1) is 4.52 Å². The third-order valence-electron chi connectivity index (χ3n) is 8.64. The van der Waals surface area contributed by atoms with Gasteiger partial charge in [0.05, 0.1) is 23.2 Å². The largest absolute Gasteiger partial charge is 0.511 e. The Morgan fingerprint density at radius 2 is 1.48 bits per heavy atom. The summed E-state index contributed by atoms with van der Waals surface area (Å²) in [7, 11) is -5.45. The lowest BCUT2D eigenvalue weighted by molar-refractivity contribution is -0.138. The summed E-state index contributed by atoms with van der Waals surface area (Å²) in [5.41, 5.74) is 3.87. The second kappa shape index (κ2) is 16.0. The summed E-state index contributed by atoms with van der Waals surface area (Å²) in [6.07, 6.45) is -1.32. The smallest absolute Gasteiger partial charge is 0.481 e. The van der Waals surface area contributed by atoms with E-state index in [9.17, 15) is 18.9 Å². The minimum atomic E-state index is -3.12. The molecule has 50 heavy (non-hydrogen) atoms. The van der Waals surface area contributed by atoms with Crippen molar-refractivity contribution in [2.45, 2.75) is 58.1 Å². The second-order valence-electron chi connectivity index (χ2n) is 13.5. The van der Waals surface area contributed by atoms with Gasteiger partial charge in [0.15, 0.2) is 6.61 Å². The van der Waals surface area contributed by atoms with E-state index in [0.717, 1.165) is 32.4 Å². The number of hydrogen-bond acceptors (Lipinski definition) is 5. The van der Waals surface area contributed by atoms with Crippen LogP contribution >= 0.6 is 8.03 Å². The van der Waals surface area contributed by atoms with Crippen LogP contribution in [0.1, 0.15) is 58.1 Å². The average Bonchev–Trinajstić information content (AvgIpc) is 3.08. The first-order valence-corrected chi connectivity index (χ1v) is 19.9. The van der Waals surface area contributed by atoms with Crippen LogP contribution in [0.3, 0.4) is 0 Å². The first-order valence-electron chi connectivity index (χ1n) is 16.7. The number of para-hydroxylation sites is 1. The zero-order valence-corrected chi connectivity index (χ0v) is 30.9. The molecule has 0 saturated carbocycles. The molecule has 0 aliphatic rings. The molecule has 1 N–H and O–H groups in total. The van der Waals surface area contributed by atoms with E-state index in [1.54, 1.807) is 12.1 Å². The highest BCUT2D eigenvalue weighted by atomic mass is 31.1. The van der Waals surface area contributed by atoms with Crippen LogP contribution in [0, 0.1) is 17.7 Å². The molecule has 4 aromatic carbocycles. The molecule has 5 aromatic rings. The van der Waals surface area contributed by atoms with Crippen molar-refractivity contribution >= 4 is 43.6 Å². The maximum Gasteiger partial charge on any atom is 0.511 e. The minimum absolute atomic E-state index is 0.0966. The molecule has 1 heterocycles. The molecule has 9 heteroatoms. The summed E-state index contributed by atoms with van der Waals surface area (Å²) in [6, 6.07) is 33.8. The molecule has 0 spiro atoms. The third-order valence-corrected chi connectivity index (χ3v) is 14.9. The molecule has 256 valence electrons. The average molecular weight is 707 g/mol. The molecular weight excluding hydrogens is 665 g/mol. The van der Waals surface area contributed by atoms with E-state index in [1.165, 1.54) is 12.1 Å². The Morgan fingerprint density at radius 1 is 0.900 bits per heavy atom. The van der Waals surface area contributed by atoms with Gasteiger partial charge in [-0.2, -0.15) is 0 Å². The third kappa shape index (κ3) is 8.26. The Bertz CT molecular complexity index is 1980. The Morgan fingerprint density at radius 3 is 2.04 bits per heavy atom. The van der Waals surface area contributed by atoms with Crippen LogP contribution in [-0.2, 0) is 18.3 Å². The summed E-state index contributed by atoms with van der Waals surface area (Å²) < 4.78 is 40.1. The van der Waals surface area contributed by atoms with Gasteiger partial charge in [-0.05, 0) is 61.8 Å². The molecule has 0 aliphatic carbocycles. The molecular formula is C41H42FNO5PSi+. The van der Waals surface area contributed by atoms with Crippen LogP contribution in [0.15, 0.2) is 109 Å². The number of pyridine rings is 1. The fraction of sp³-hybridized carbons (Fsp3) is 0.268. The van der Waals surface area contributed by atoms with Crippen molar-refractivity contribution in [3.05, 3.63) is 126 Å².